The van der Waals surface area contributed by atoms with Crippen molar-refractivity contribution >= 4 is 5.91 Å². The van der Waals surface area contributed by atoms with Crippen LogP contribution < -0.4 is 10.6 Å². The molecule has 5 heteroatoms. The van der Waals surface area contributed by atoms with Crippen molar-refractivity contribution in [2.45, 2.75) is 44.5 Å². The summed E-state index contributed by atoms with van der Waals surface area (Å²) in [5.74, 6) is -0.0208. The number of aliphatic hydroxyl groups excluding tert-OH is 1. The molecule has 2 saturated heterocycles. The number of amides is 1. The van der Waals surface area contributed by atoms with Gasteiger partial charge in [-0.05, 0) is 43.5 Å². The summed E-state index contributed by atoms with van der Waals surface area (Å²) in [7, 11) is 0. The van der Waals surface area contributed by atoms with E-state index in [1.54, 1.807) is 0 Å². The summed E-state index contributed by atoms with van der Waals surface area (Å²) in [6.45, 7) is 4.36. The molecule has 0 saturated carbocycles. The van der Waals surface area contributed by atoms with Crippen molar-refractivity contribution < 1.29 is 9.90 Å². The third kappa shape index (κ3) is 3.85. The highest BCUT2D eigenvalue weighted by Crippen LogP contribution is 2.16. The van der Waals surface area contributed by atoms with Gasteiger partial charge in [0, 0.05) is 19.6 Å². The largest absolute Gasteiger partial charge is 0.392 e. The fourth-order valence-corrected chi connectivity index (χ4v) is 3.29. The lowest BCUT2D eigenvalue weighted by molar-refractivity contribution is -0.123. The molecule has 120 valence electrons. The summed E-state index contributed by atoms with van der Waals surface area (Å²) in [6, 6.07) is 8.05. The lowest BCUT2D eigenvalue weighted by atomic mass is 10.1. The minimum Gasteiger partial charge on any atom is -0.392 e. The first kappa shape index (κ1) is 15.5. The van der Waals surface area contributed by atoms with Crippen LogP contribution in [0.2, 0.25) is 0 Å². The van der Waals surface area contributed by atoms with E-state index in [0.717, 1.165) is 6.54 Å². The smallest absolute Gasteiger partial charge is 0.237 e. The molecule has 0 bridgehead atoms. The van der Waals surface area contributed by atoms with Gasteiger partial charge >= 0.3 is 0 Å². The number of nitrogens with one attached hydrogen (secondary N) is 2. The van der Waals surface area contributed by atoms with Gasteiger partial charge in [-0.2, -0.15) is 0 Å². The number of hydrogen-bond acceptors (Lipinski definition) is 4. The summed E-state index contributed by atoms with van der Waals surface area (Å²) in [6.07, 6.45) is 2.67. The summed E-state index contributed by atoms with van der Waals surface area (Å²) in [5, 5.41) is 15.5. The Kier molecular flexibility index (Phi) is 5.08. The first-order valence-electron chi connectivity index (χ1n) is 8.20. The van der Waals surface area contributed by atoms with Gasteiger partial charge in [-0.1, -0.05) is 24.3 Å². The highest BCUT2D eigenvalue weighted by atomic mass is 16.3. The molecule has 3 N–H and O–H groups in total. The van der Waals surface area contributed by atoms with E-state index >= 15 is 0 Å². The van der Waals surface area contributed by atoms with Gasteiger partial charge in [-0.25, -0.2) is 0 Å². The van der Waals surface area contributed by atoms with Crippen molar-refractivity contribution in [2.75, 3.05) is 19.6 Å². The molecule has 1 aromatic carbocycles. The van der Waals surface area contributed by atoms with Crippen molar-refractivity contribution in [1.29, 1.82) is 0 Å². The van der Waals surface area contributed by atoms with Gasteiger partial charge in [-0.15, -0.1) is 0 Å². The van der Waals surface area contributed by atoms with Crippen LogP contribution >= 0.6 is 0 Å². The average Bonchev–Trinajstić information content (AvgIpc) is 3.18. The Balaban J connectivity index is 1.56. The minimum atomic E-state index is -0.404. The molecule has 5 nitrogen and oxygen atoms in total. The number of rotatable bonds is 5. The predicted octanol–water partition coefficient (Wildman–Crippen LogP) is 0.621. The highest BCUT2D eigenvalue weighted by Gasteiger charge is 2.27. The second kappa shape index (κ2) is 7.22. The number of carbonyl (C=O) groups excluding carboxylic acids is 1. The molecule has 3 rings (SSSR count). The Morgan fingerprint density at radius 2 is 2.00 bits per heavy atom. The Morgan fingerprint density at radius 3 is 2.68 bits per heavy atom. The Bertz CT molecular complexity index is 514. The second-order valence-electron chi connectivity index (χ2n) is 6.32. The maximum Gasteiger partial charge on any atom is 0.237 e. The molecule has 0 spiro atoms. The molecule has 22 heavy (non-hydrogen) atoms. The summed E-state index contributed by atoms with van der Waals surface area (Å²) in [5.41, 5.74) is 2.48. The molecule has 0 radical (unpaired) electrons. The number of benzene rings is 1. The molecule has 2 atom stereocenters. The van der Waals surface area contributed by atoms with Crippen LogP contribution in [0.1, 0.15) is 30.4 Å². The zero-order chi connectivity index (χ0) is 15.4. The molecule has 0 aliphatic carbocycles. The number of nitrogens with zero attached hydrogens (tertiary/aromatic N) is 1. The lowest BCUT2D eigenvalue weighted by Crippen LogP contribution is -2.40. The first-order valence-corrected chi connectivity index (χ1v) is 8.20. The van der Waals surface area contributed by atoms with Crippen LogP contribution in [0.15, 0.2) is 24.3 Å². The number of hydrogen-bond donors (Lipinski definition) is 3. The third-order valence-corrected chi connectivity index (χ3v) is 4.59. The monoisotopic (exact) mass is 303 g/mol. The fourth-order valence-electron chi connectivity index (χ4n) is 3.29. The van der Waals surface area contributed by atoms with Crippen LogP contribution in [0.3, 0.4) is 0 Å². The maximum atomic E-state index is 12.1. The molecule has 2 aliphatic heterocycles. The van der Waals surface area contributed by atoms with Crippen molar-refractivity contribution in [1.82, 2.24) is 15.5 Å². The molecule has 2 aliphatic rings. The third-order valence-electron chi connectivity index (χ3n) is 4.59. The standard InChI is InChI=1S/C17H25N3O2/c21-15-9-16(18-11-15)17(22)19-10-13-5-1-2-6-14(13)12-20-7-3-4-8-20/h1-2,5-6,15-16,18,21H,3-4,7-12H2,(H,19,22). The normalized spacial score (nSPS) is 25.5. The molecular formula is C17H25N3O2. The van der Waals surface area contributed by atoms with Gasteiger partial charge in [0.15, 0.2) is 0 Å². The second-order valence-corrected chi connectivity index (χ2v) is 6.32. The van der Waals surface area contributed by atoms with E-state index in [4.69, 9.17) is 0 Å². The molecule has 1 aromatic rings. The Labute approximate surface area is 131 Å². The zero-order valence-electron chi connectivity index (χ0n) is 12.9. The van der Waals surface area contributed by atoms with Gasteiger partial charge in [-0.3, -0.25) is 9.69 Å². The molecule has 1 amide bonds. The summed E-state index contributed by atoms with van der Waals surface area (Å²) in [4.78, 5) is 14.6. The van der Waals surface area contributed by atoms with Crippen LogP contribution in [0, 0.1) is 0 Å². The van der Waals surface area contributed by atoms with Crippen LogP contribution in [0.5, 0.6) is 0 Å². The number of β-amino-alcohol motifs (C(OH)–C–C–N with tert-alkyl or cyclic N) is 1. The van der Waals surface area contributed by atoms with Crippen LogP contribution in [-0.2, 0) is 17.9 Å². The van der Waals surface area contributed by atoms with Gasteiger partial charge in [0.1, 0.15) is 0 Å². The van der Waals surface area contributed by atoms with Gasteiger partial charge in [0.2, 0.25) is 5.91 Å². The molecule has 2 fully saturated rings. The Morgan fingerprint density at radius 1 is 1.27 bits per heavy atom. The first-order chi connectivity index (χ1) is 10.7. The lowest BCUT2D eigenvalue weighted by Gasteiger charge is -2.18. The van der Waals surface area contributed by atoms with Gasteiger partial charge in [0.05, 0.1) is 12.1 Å². The van der Waals surface area contributed by atoms with E-state index in [-0.39, 0.29) is 11.9 Å². The van der Waals surface area contributed by atoms with Crippen molar-refractivity contribution in [3.63, 3.8) is 0 Å². The van der Waals surface area contributed by atoms with Crippen molar-refractivity contribution in [2.24, 2.45) is 0 Å². The molecule has 2 heterocycles. The maximum absolute atomic E-state index is 12.1. The van der Waals surface area contributed by atoms with Crippen molar-refractivity contribution in [3.05, 3.63) is 35.4 Å². The van der Waals surface area contributed by atoms with Crippen LogP contribution in [0.4, 0.5) is 0 Å². The number of carbonyl (C=O) groups is 1. The molecular weight excluding hydrogens is 278 g/mol. The topological polar surface area (TPSA) is 64.6 Å². The SMILES string of the molecule is O=C(NCc1ccccc1CN1CCCC1)C1CC(O)CN1. The van der Waals surface area contributed by atoms with E-state index in [1.165, 1.54) is 37.1 Å². The van der Waals surface area contributed by atoms with Gasteiger partial charge < -0.3 is 15.7 Å². The number of likely N-dealkylation sites (tertiary alicyclic amines) is 1. The van der Waals surface area contributed by atoms with E-state index in [9.17, 15) is 9.90 Å². The van der Waals surface area contributed by atoms with E-state index < -0.39 is 6.10 Å². The van der Waals surface area contributed by atoms with Crippen LogP contribution in [0.25, 0.3) is 0 Å². The molecule has 2 unspecified atom stereocenters. The van der Waals surface area contributed by atoms with E-state index in [1.807, 2.05) is 6.07 Å². The fraction of sp³-hybridized carbons (Fsp3) is 0.588. The quantitative estimate of drug-likeness (QED) is 0.746. The van der Waals surface area contributed by atoms with Crippen LogP contribution in [-0.4, -0.2) is 47.7 Å². The van der Waals surface area contributed by atoms with E-state index in [2.05, 4.69) is 33.7 Å². The number of aliphatic hydroxyl groups is 1. The van der Waals surface area contributed by atoms with E-state index in [0.29, 0.717) is 19.5 Å². The Hall–Kier alpha value is -1.43. The predicted molar refractivity (Wildman–Crippen MR) is 85.2 cm³/mol. The van der Waals surface area contributed by atoms with Gasteiger partial charge in [0.25, 0.3) is 0 Å². The average molecular weight is 303 g/mol. The summed E-state index contributed by atoms with van der Waals surface area (Å²) >= 11 is 0. The zero-order valence-corrected chi connectivity index (χ0v) is 12.9. The molecule has 0 aromatic heterocycles. The summed E-state index contributed by atoms with van der Waals surface area (Å²) < 4.78 is 0. The van der Waals surface area contributed by atoms with Crippen molar-refractivity contribution in [3.8, 4) is 0 Å². The minimum absolute atomic E-state index is 0.0208. The highest BCUT2D eigenvalue weighted by molar-refractivity contribution is 5.82.